The van der Waals surface area contributed by atoms with E-state index < -0.39 is 6.04 Å². The molecule has 5 aromatic heterocycles. The molecule has 0 radical (unpaired) electrons. The first-order valence-electron chi connectivity index (χ1n) is 12.4. The van der Waals surface area contributed by atoms with Crippen LogP contribution in [0.1, 0.15) is 29.9 Å². The average molecular weight is 524 g/mol. The minimum atomic E-state index is -0.399. The molecule has 0 spiro atoms. The van der Waals surface area contributed by atoms with E-state index in [0.717, 1.165) is 22.1 Å². The molecular formula is C28H26FN9O. The number of aryl methyl sites for hydroxylation is 2. The van der Waals surface area contributed by atoms with Gasteiger partial charge in [0.25, 0.3) is 0 Å². The highest BCUT2D eigenvalue weighted by Gasteiger charge is 2.21. The van der Waals surface area contributed by atoms with Gasteiger partial charge in [-0.1, -0.05) is 6.07 Å². The summed E-state index contributed by atoms with van der Waals surface area (Å²) in [6.45, 7) is 4.25. The highest BCUT2D eigenvalue weighted by Crippen LogP contribution is 2.31. The topological polar surface area (TPSA) is 108 Å². The molecule has 1 N–H and O–H groups in total. The summed E-state index contributed by atoms with van der Waals surface area (Å²) >= 11 is 0. The average Bonchev–Trinajstić information content (AvgIpc) is 3.52. The van der Waals surface area contributed by atoms with Crippen molar-refractivity contribution in [2.24, 2.45) is 7.05 Å². The molecule has 5 heterocycles. The van der Waals surface area contributed by atoms with Crippen LogP contribution in [0.25, 0.3) is 33.3 Å². The molecule has 0 bridgehead atoms. The second kappa shape index (κ2) is 9.75. The number of aromatic nitrogens is 8. The van der Waals surface area contributed by atoms with Crippen molar-refractivity contribution in [2.75, 3.05) is 12.4 Å². The van der Waals surface area contributed by atoms with Crippen LogP contribution in [0.3, 0.4) is 0 Å². The van der Waals surface area contributed by atoms with Crippen LogP contribution >= 0.6 is 0 Å². The Morgan fingerprint density at radius 3 is 2.72 bits per heavy atom. The molecule has 10 nitrogen and oxygen atoms in total. The zero-order valence-corrected chi connectivity index (χ0v) is 21.9. The van der Waals surface area contributed by atoms with Crippen LogP contribution in [0.2, 0.25) is 0 Å². The van der Waals surface area contributed by atoms with Crippen molar-refractivity contribution in [3.05, 3.63) is 84.1 Å². The number of imidazole rings is 1. The number of methoxy groups -OCH3 is 1. The lowest BCUT2D eigenvalue weighted by Gasteiger charge is -2.18. The summed E-state index contributed by atoms with van der Waals surface area (Å²) in [4.78, 5) is 22.6. The molecule has 1 atom stereocenters. The second-order valence-corrected chi connectivity index (χ2v) is 9.33. The summed E-state index contributed by atoms with van der Waals surface area (Å²) in [5.74, 6) is 1.45. The van der Waals surface area contributed by atoms with E-state index in [-0.39, 0.29) is 5.82 Å². The molecule has 0 aliphatic carbocycles. The van der Waals surface area contributed by atoms with E-state index in [2.05, 4.69) is 30.4 Å². The first-order chi connectivity index (χ1) is 18.9. The maximum Gasteiger partial charge on any atom is 0.218 e. The van der Waals surface area contributed by atoms with Crippen LogP contribution in [0.5, 0.6) is 5.88 Å². The lowest BCUT2D eigenvalue weighted by atomic mass is 10.0. The zero-order valence-electron chi connectivity index (χ0n) is 21.9. The summed E-state index contributed by atoms with van der Waals surface area (Å²) in [5.41, 5.74) is 4.89. The number of ether oxygens (including phenoxy) is 1. The number of hydrogen-bond donors (Lipinski definition) is 1. The number of nitrogens with one attached hydrogen (secondary N) is 1. The van der Waals surface area contributed by atoms with Gasteiger partial charge in [-0.25, -0.2) is 24.3 Å². The Kier molecular flexibility index (Phi) is 6.10. The number of hydrogen-bond acceptors (Lipinski definition) is 8. The molecular weight excluding hydrogens is 497 g/mol. The largest absolute Gasteiger partial charge is 0.481 e. The molecule has 196 valence electrons. The summed E-state index contributed by atoms with van der Waals surface area (Å²) in [6.07, 6.45) is 8.76. The van der Waals surface area contributed by atoms with Gasteiger partial charge in [-0.3, -0.25) is 9.67 Å². The lowest BCUT2D eigenvalue weighted by molar-refractivity contribution is 0.393. The number of nitrogens with zero attached hydrogens (tertiary/aromatic N) is 8. The van der Waals surface area contributed by atoms with Crippen molar-refractivity contribution in [1.29, 1.82) is 0 Å². The van der Waals surface area contributed by atoms with Gasteiger partial charge in [0.1, 0.15) is 17.5 Å². The van der Waals surface area contributed by atoms with Crippen molar-refractivity contribution in [1.82, 2.24) is 39.3 Å². The Morgan fingerprint density at radius 1 is 1.05 bits per heavy atom. The van der Waals surface area contributed by atoms with Crippen LogP contribution in [0.4, 0.5) is 10.2 Å². The molecule has 0 fully saturated rings. The molecule has 6 rings (SSSR count). The van der Waals surface area contributed by atoms with Crippen LogP contribution < -0.4 is 10.1 Å². The lowest BCUT2D eigenvalue weighted by Crippen LogP contribution is -2.12. The Bertz CT molecular complexity index is 1830. The van der Waals surface area contributed by atoms with Gasteiger partial charge in [0.05, 0.1) is 31.1 Å². The Morgan fingerprint density at radius 2 is 1.92 bits per heavy atom. The van der Waals surface area contributed by atoms with Crippen molar-refractivity contribution in [3.63, 3.8) is 0 Å². The number of pyridine rings is 2. The fourth-order valence-corrected chi connectivity index (χ4v) is 4.81. The third-order valence-corrected chi connectivity index (χ3v) is 6.76. The Labute approximate surface area is 223 Å². The van der Waals surface area contributed by atoms with Gasteiger partial charge in [0.2, 0.25) is 5.88 Å². The SMILES string of the molecule is COc1ncccc1CNc1cnc2nc(C)n([C@@H](C)c3cc4cc(-c5cnn(C)c5)cnc4cc3F)c2n1. The minimum absolute atomic E-state index is 0.344. The first kappa shape index (κ1) is 24.4. The predicted octanol–water partition coefficient (Wildman–Crippen LogP) is 4.85. The van der Waals surface area contributed by atoms with Crippen molar-refractivity contribution in [3.8, 4) is 17.0 Å². The first-order valence-corrected chi connectivity index (χ1v) is 12.4. The van der Waals surface area contributed by atoms with E-state index in [9.17, 15) is 0 Å². The van der Waals surface area contributed by atoms with Gasteiger partial charge < -0.3 is 14.6 Å². The van der Waals surface area contributed by atoms with E-state index in [1.54, 1.807) is 36.6 Å². The van der Waals surface area contributed by atoms with Gasteiger partial charge in [-0.05, 0) is 32.0 Å². The fraction of sp³-hybridized carbons (Fsp3) is 0.214. The van der Waals surface area contributed by atoms with Gasteiger partial charge in [-0.15, -0.1) is 0 Å². The predicted molar refractivity (Wildman–Crippen MR) is 146 cm³/mol. The highest BCUT2D eigenvalue weighted by molar-refractivity contribution is 5.84. The van der Waals surface area contributed by atoms with E-state index in [1.807, 2.05) is 55.9 Å². The summed E-state index contributed by atoms with van der Waals surface area (Å²) in [5, 5.41) is 8.35. The standard InChI is InChI=1S/C28H26FN9O/c1-16(22-9-19-8-20(21-13-34-37(3)15-21)12-31-24(19)10-23(22)29)38-17(2)35-26-27(38)36-25(14-33-26)32-11-18-6-5-7-30-28(18)39-4/h5-10,12-16H,11H2,1-4H3,(H,32,36)/t16-/m0/s1. The molecule has 0 saturated carbocycles. The number of benzene rings is 1. The van der Waals surface area contributed by atoms with Crippen LogP contribution in [0.15, 0.2) is 61.3 Å². The molecule has 11 heteroatoms. The molecule has 0 amide bonds. The summed E-state index contributed by atoms with van der Waals surface area (Å²) in [7, 11) is 3.45. The third kappa shape index (κ3) is 4.52. The van der Waals surface area contributed by atoms with E-state index >= 15 is 4.39 Å². The number of rotatable bonds is 7. The van der Waals surface area contributed by atoms with Crippen molar-refractivity contribution >= 4 is 28.0 Å². The van der Waals surface area contributed by atoms with Gasteiger partial charge in [0, 0.05) is 65.9 Å². The second-order valence-electron chi connectivity index (χ2n) is 9.33. The molecule has 0 saturated heterocycles. The molecule has 0 unspecified atom stereocenters. The number of anilines is 1. The smallest absolute Gasteiger partial charge is 0.218 e. The fourth-order valence-electron chi connectivity index (χ4n) is 4.81. The highest BCUT2D eigenvalue weighted by atomic mass is 19.1. The number of fused-ring (bicyclic) bond motifs is 2. The maximum absolute atomic E-state index is 15.4. The van der Waals surface area contributed by atoms with E-state index in [4.69, 9.17) is 9.72 Å². The maximum atomic E-state index is 15.4. The molecule has 39 heavy (non-hydrogen) atoms. The third-order valence-electron chi connectivity index (χ3n) is 6.76. The van der Waals surface area contributed by atoms with Crippen LogP contribution in [-0.2, 0) is 13.6 Å². The van der Waals surface area contributed by atoms with Crippen molar-refractivity contribution in [2.45, 2.75) is 26.4 Å². The van der Waals surface area contributed by atoms with E-state index in [0.29, 0.717) is 46.4 Å². The quantitative estimate of drug-likeness (QED) is 0.316. The van der Waals surface area contributed by atoms with Gasteiger partial charge >= 0.3 is 0 Å². The molecule has 0 aliphatic rings. The minimum Gasteiger partial charge on any atom is -0.481 e. The Hall–Kier alpha value is -4.93. The summed E-state index contributed by atoms with van der Waals surface area (Å²) in [6, 6.07) is 8.70. The van der Waals surface area contributed by atoms with Gasteiger partial charge in [-0.2, -0.15) is 5.10 Å². The van der Waals surface area contributed by atoms with Gasteiger partial charge in [0.15, 0.2) is 11.3 Å². The monoisotopic (exact) mass is 523 g/mol. The van der Waals surface area contributed by atoms with E-state index in [1.165, 1.54) is 6.07 Å². The molecule has 1 aromatic carbocycles. The Balaban J connectivity index is 1.36. The van der Waals surface area contributed by atoms with Crippen molar-refractivity contribution < 1.29 is 9.13 Å². The molecule has 6 aromatic rings. The normalized spacial score (nSPS) is 12.2. The van der Waals surface area contributed by atoms with Crippen LogP contribution in [-0.4, -0.2) is 46.4 Å². The van der Waals surface area contributed by atoms with Crippen LogP contribution in [0, 0.1) is 12.7 Å². The summed E-state index contributed by atoms with van der Waals surface area (Å²) < 4.78 is 24.4. The number of halogens is 1. The molecule has 0 aliphatic heterocycles. The zero-order chi connectivity index (χ0) is 27.1.